The highest BCUT2D eigenvalue weighted by molar-refractivity contribution is 5.86. The Morgan fingerprint density at radius 3 is 2.61 bits per heavy atom. The van der Waals surface area contributed by atoms with Crippen molar-refractivity contribution < 1.29 is 20.1 Å². The number of benzene rings is 1. The Labute approximate surface area is 135 Å². The number of nitrogens with one attached hydrogen (secondary N) is 1. The van der Waals surface area contributed by atoms with Gasteiger partial charge in [0.2, 0.25) is 5.91 Å². The van der Waals surface area contributed by atoms with Crippen LogP contribution >= 0.6 is 0 Å². The summed E-state index contributed by atoms with van der Waals surface area (Å²) in [6, 6.07) is 7.03. The van der Waals surface area contributed by atoms with Crippen molar-refractivity contribution in [2.45, 2.75) is 43.6 Å². The summed E-state index contributed by atoms with van der Waals surface area (Å²) in [7, 11) is 0. The minimum absolute atomic E-state index is 0.0473. The number of fused-ring (bicyclic) bond motifs is 1. The maximum Gasteiger partial charge on any atom is 0.227 e. The van der Waals surface area contributed by atoms with E-state index in [4.69, 9.17) is 0 Å². The summed E-state index contributed by atoms with van der Waals surface area (Å²) in [6.45, 7) is 2.54. The zero-order valence-corrected chi connectivity index (χ0v) is 13.2. The topological polar surface area (TPSA) is 93.0 Å². The zero-order valence-electron chi connectivity index (χ0n) is 13.2. The van der Waals surface area contributed by atoms with Gasteiger partial charge in [-0.25, -0.2) is 0 Å². The van der Waals surface area contributed by atoms with Gasteiger partial charge < -0.3 is 20.6 Å². The zero-order chi connectivity index (χ0) is 16.6. The molecule has 0 aromatic heterocycles. The molecule has 4 N–H and O–H groups in total. The SMILES string of the molecule is CCN1[C@H](CO)[C@@H](O)[C@H](O)[C@H]1CNC(=O)C1Cc2ccccc21. The lowest BCUT2D eigenvalue weighted by molar-refractivity contribution is -0.123. The molecule has 1 aliphatic carbocycles. The average Bonchev–Trinajstić information content (AvgIpc) is 2.77. The molecule has 1 unspecified atom stereocenters. The van der Waals surface area contributed by atoms with Crippen molar-refractivity contribution in [2.24, 2.45) is 0 Å². The molecule has 1 amide bonds. The van der Waals surface area contributed by atoms with E-state index in [0.717, 1.165) is 12.0 Å². The van der Waals surface area contributed by atoms with Crippen molar-refractivity contribution in [3.8, 4) is 0 Å². The molecule has 5 atom stereocenters. The highest BCUT2D eigenvalue weighted by Crippen LogP contribution is 2.35. The van der Waals surface area contributed by atoms with Gasteiger partial charge in [0.1, 0.15) is 0 Å². The number of aliphatic hydroxyl groups is 3. The number of carbonyl (C=O) groups is 1. The number of likely N-dealkylation sites (N-methyl/N-ethyl adjacent to an activating group) is 1. The van der Waals surface area contributed by atoms with E-state index in [1.165, 1.54) is 5.56 Å². The molecular formula is C17H24N2O4. The predicted octanol–water partition coefficient (Wildman–Crippen LogP) is -0.771. The van der Waals surface area contributed by atoms with E-state index >= 15 is 0 Å². The molecule has 23 heavy (non-hydrogen) atoms. The van der Waals surface area contributed by atoms with Gasteiger partial charge in [0.05, 0.1) is 36.8 Å². The van der Waals surface area contributed by atoms with E-state index in [1.54, 1.807) is 0 Å². The van der Waals surface area contributed by atoms with Crippen LogP contribution in [0, 0.1) is 0 Å². The first-order chi connectivity index (χ1) is 11.1. The Kier molecular flexibility index (Phi) is 4.68. The Hall–Kier alpha value is -1.47. The fourth-order valence-electron chi connectivity index (χ4n) is 3.83. The molecule has 0 spiro atoms. The van der Waals surface area contributed by atoms with Crippen molar-refractivity contribution >= 4 is 5.91 Å². The Balaban J connectivity index is 1.61. The van der Waals surface area contributed by atoms with Crippen LogP contribution in [-0.2, 0) is 11.2 Å². The van der Waals surface area contributed by atoms with Crippen LogP contribution in [0.5, 0.6) is 0 Å². The summed E-state index contributed by atoms with van der Waals surface area (Å²) >= 11 is 0. The number of hydrogen-bond acceptors (Lipinski definition) is 5. The number of likely N-dealkylation sites (tertiary alicyclic amines) is 1. The van der Waals surface area contributed by atoms with E-state index in [1.807, 2.05) is 36.1 Å². The van der Waals surface area contributed by atoms with Gasteiger partial charge >= 0.3 is 0 Å². The number of amides is 1. The largest absolute Gasteiger partial charge is 0.395 e. The second-order valence-electron chi connectivity index (χ2n) is 6.33. The van der Waals surface area contributed by atoms with E-state index < -0.39 is 18.2 Å². The summed E-state index contributed by atoms with van der Waals surface area (Å²) in [6.07, 6.45) is -1.22. The second kappa shape index (κ2) is 6.57. The van der Waals surface area contributed by atoms with Crippen molar-refractivity contribution in [2.75, 3.05) is 19.7 Å². The molecule has 0 radical (unpaired) electrons. The molecule has 2 aliphatic rings. The Morgan fingerprint density at radius 1 is 1.26 bits per heavy atom. The van der Waals surface area contributed by atoms with Crippen LogP contribution in [0.25, 0.3) is 0 Å². The van der Waals surface area contributed by atoms with Crippen LogP contribution in [-0.4, -0.2) is 70.1 Å². The molecule has 1 heterocycles. The maximum absolute atomic E-state index is 12.4. The summed E-state index contributed by atoms with van der Waals surface area (Å²) < 4.78 is 0. The fourth-order valence-corrected chi connectivity index (χ4v) is 3.83. The maximum atomic E-state index is 12.4. The molecule has 1 saturated heterocycles. The Bertz CT molecular complexity index is 579. The monoisotopic (exact) mass is 320 g/mol. The molecule has 1 aromatic rings. The van der Waals surface area contributed by atoms with Crippen LogP contribution < -0.4 is 5.32 Å². The van der Waals surface area contributed by atoms with Crippen LogP contribution in [0.1, 0.15) is 24.0 Å². The van der Waals surface area contributed by atoms with Crippen LogP contribution in [0.3, 0.4) is 0 Å². The minimum Gasteiger partial charge on any atom is -0.395 e. The summed E-state index contributed by atoms with van der Waals surface area (Å²) in [5.74, 6) is -0.174. The number of carbonyl (C=O) groups excluding carboxylic acids is 1. The number of hydrogen-bond donors (Lipinski definition) is 4. The van der Waals surface area contributed by atoms with Gasteiger partial charge in [-0.2, -0.15) is 0 Å². The quantitative estimate of drug-likeness (QED) is 0.572. The van der Waals surface area contributed by atoms with Crippen molar-refractivity contribution in [1.82, 2.24) is 10.2 Å². The van der Waals surface area contributed by atoms with Crippen LogP contribution in [0.15, 0.2) is 24.3 Å². The lowest BCUT2D eigenvalue weighted by atomic mass is 9.77. The van der Waals surface area contributed by atoms with Crippen molar-refractivity contribution in [3.05, 3.63) is 35.4 Å². The summed E-state index contributed by atoms with van der Waals surface area (Å²) in [5, 5.41) is 32.5. The van der Waals surface area contributed by atoms with Gasteiger partial charge in [-0.05, 0) is 24.1 Å². The van der Waals surface area contributed by atoms with Crippen LogP contribution in [0.4, 0.5) is 0 Å². The van der Waals surface area contributed by atoms with Gasteiger partial charge in [-0.1, -0.05) is 31.2 Å². The molecule has 0 bridgehead atoms. The smallest absolute Gasteiger partial charge is 0.227 e. The molecule has 3 rings (SSSR count). The highest BCUT2D eigenvalue weighted by Gasteiger charge is 2.46. The molecule has 126 valence electrons. The predicted molar refractivity (Wildman–Crippen MR) is 85.0 cm³/mol. The average molecular weight is 320 g/mol. The molecule has 0 saturated carbocycles. The highest BCUT2D eigenvalue weighted by atomic mass is 16.3. The lowest BCUT2D eigenvalue weighted by Crippen LogP contribution is -2.48. The fraction of sp³-hybridized carbons (Fsp3) is 0.588. The van der Waals surface area contributed by atoms with Gasteiger partial charge in [-0.15, -0.1) is 0 Å². The van der Waals surface area contributed by atoms with Gasteiger partial charge in [0, 0.05) is 6.54 Å². The van der Waals surface area contributed by atoms with E-state index in [0.29, 0.717) is 6.54 Å². The molecule has 6 heteroatoms. The number of nitrogens with zero attached hydrogens (tertiary/aromatic N) is 1. The summed E-state index contributed by atoms with van der Waals surface area (Å²) in [5.41, 5.74) is 2.28. The molecule has 1 aliphatic heterocycles. The first kappa shape index (κ1) is 16.4. The lowest BCUT2D eigenvalue weighted by Gasteiger charge is -2.31. The van der Waals surface area contributed by atoms with E-state index in [9.17, 15) is 20.1 Å². The Morgan fingerprint density at radius 2 is 1.96 bits per heavy atom. The van der Waals surface area contributed by atoms with Gasteiger partial charge in [0.25, 0.3) is 0 Å². The van der Waals surface area contributed by atoms with Gasteiger partial charge in [-0.3, -0.25) is 9.69 Å². The van der Waals surface area contributed by atoms with Gasteiger partial charge in [0.15, 0.2) is 0 Å². The molecular weight excluding hydrogens is 296 g/mol. The summed E-state index contributed by atoms with van der Waals surface area (Å²) in [4.78, 5) is 14.2. The standard InChI is InChI=1S/C17H24N2O4/c1-2-19-13(15(21)16(22)14(19)9-20)8-18-17(23)12-7-10-5-3-4-6-11(10)12/h3-6,12-16,20-22H,2,7-9H2,1H3,(H,18,23)/t12?,13-,14-,15-,16-/m1/s1. The first-order valence-electron chi connectivity index (χ1n) is 8.16. The van der Waals surface area contributed by atoms with Crippen LogP contribution in [0.2, 0.25) is 0 Å². The number of aliphatic hydroxyl groups excluding tert-OH is 3. The molecule has 1 fully saturated rings. The molecule has 6 nitrogen and oxygen atoms in total. The third-order valence-electron chi connectivity index (χ3n) is 5.20. The van der Waals surface area contributed by atoms with E-state index in [2.05, 4.69) is 5.32 Å². The second-order valence-corrected chi connectivity index (χ2v) is 6.33. The van der Waals surface area contributed by atoms with Crippen molar-refractivity contribution in [3.63, 3.8) is 0 Å². The van der Waals surface area contributed by atoms with E-state index in [-0.39, 0.29) is 31.0 Å². The normalized spacial score (nSPS) is 33.1. The third-order valence-corrected chi connectivity index (χ3v) is 5.20. The minimum atomic E-state index is -0.994. The van der Waals surface area contributed by atoms with Crippen molar-refractivity contribution in [1.29, 1.82) is 0 Å². The first-order valence-corrected chi connectivity index (χ1v) is 8.16. The number of rotatable bonds is 5. The third kappa shape index (κ3) is 2.76. The molecule has 1 aromatic carbocycles.